The summed E-state index contributed by atoms with van der Waals surface area (Å²) in [4.78, 5) is 55.8. The molecule has 13 nitrogen and oxygen atoms in total. The molecule has 0 unspecified atom stereocenters. The van der Waals surface area contributed by atoms with Crippen LogP contribution in [0.3, 0.4) is 0 Å². The van der Waals surface area contributed by atoms with Gasteiger partial charge in [0.25, 0.3) is 0 Å². The van der Waals surface area contributed by atoms with Crippen molar-refractivity contribution >= 4 is 41.2 Å². The highest BCUT2D eigenvalue weighted by atomic mass is 35.5. The molecule has 276 valence electrons. The number of nitrogens with one attached hydrogen (secondary N) is 1. The van der Waals surface area contributed by atoms with Gasteiger partial charge in [-0.2, -0.15) is 0 Å². The predicted molar refractivity (Wildman–Crippen MR) is 186 cm³/mol. The van der Waals surface area contributed by atoms with E-state index in [2.05, 4.69) is 5.32 Å². The number of nitrogens with zero attached hydrogens (tertiary/aromatic N) is 2. The third-order valence-electron chi connectivity index (χ3n) is 9.97. The molecule has 0 aromatic heterocycles. The lowest BCUT2D eigenvalue weighted by Gasteiger charge is -2.42. The number of hydrogen-bond acceptors (Lipinski definition) is 10. The van der Waals surface area contributed by atoms with Gasteiger partial charge in [0, 0.05) is 39.5 Å². The van der Waals surface area contributed by atoms with E-state index < -0.39 is 65.7 Å². The molecular formula is C36H50ClN3O10. The van der Waals surface area contributed by atoms with Crippen LogP contribution in [0.2, 0.25) is 5.02 Å². The van der Waals surface area contributed by atoms with Crippen molar-refractivity contribution in [2.45, 2.75) is 103 Å². The minimum absolute atomic E-state index is 0.0449. The Hall–Kier alpha value is -3.65. The third kappa shape index (κ3) is 8.11. The van der Waals surface area contributed by atoms with Crippen LogP contribution in [-0.4, -0.2) is 104 Å². The van der Waals surface area contributed by atoms with Gasteiger partial charge in [-0.05, 0) is 44.9 Å². The number of halogens is 1. The molecule has 1 aromatic carbocycles. The fraction of sp³-hybridized carbons (Fsp3) is 0.611. The number of carbonyl (C=O) groups excluding carboxylic acids is 4. The third-order valence-corrected chi connectivity index (χ3v) is 10.4. The van der Waals surface area contributed by atoms with Gasteiger partial charge >= 0.3 is 12.1 Å². The fourth-order valence-corrected chi connectivity index (χ4v) is 6.91. The number of methoxy groups -OCH3 is 2. The summed E-state index contributed by atoms with van der Waals surface area (Å²) >= 11 is 6.74. The Labute approximate surface area is 298 Å². The number of aliphatic hydroxyl groups is 1. The Morgan fingerprint density at radius 3 is 2.50 bits per heavy atom. The van der Waals surface area contributed by atoms with E-state index in [0.717, 1.165) is 11.1 Å². The SMILES string of the molecule is COc1cc2cc(c1Cl)N(C)C(=O)C[C@H](OC(=O)[C@@H](C)N(C)C(=O)C(C)C)[C@]1(C)O[C@@H]1[C@H](C)[C@H]1C[C@](O)(NC(=O)O1)[C@H](OC)C=CC=C(C)C2. The predicted octanol–water partition coefficient (Wildman–Crippen LogP) is 4.17. The summed E-state index contributed by atoms with van der Waals surface area (Å²) in [6.07, 6.45) is 1.00. The molecule has 0 aliphatic carbocycles. The second kappa shape index (κ2) is 15.3. The Morgan fingerprint density at radius 2 is 1.88 bits per heavy atom. The van der Waals surface area contributed by atoms with E-state index in [1.54, 1.807) is 66.0 Å². The highest BCUT2D eigenvalue weighted by Crippen LogP contribution is 2.49. The highest BCUT2D eigenvalue weighted by molar-refractivity contribution is 6.35. The summed E-state index contributed by atoms with van der Waals surface area (Å²) < 4.78 is 29.1. The maximum absolute atomic E-state index is 14.1. The van der Waals surface area contributed by atoms with Crippen molar-refractivity contribution in [1.29, 1.82) is 0 Å². The monoisotopic (exact) mass is 719 g/mol. The molecular weight excluding hydrogens is 670 g/mol. The van der Waals surface area contributed by atoms with Crippen molar-refractivity contribution in [1.82, 2.24) is 10.2 Å². The van der Waals surface area contributed by atoms with Crippen LogP contribution in [0.4, 0.5) is 10.5 Å². The van der Waals surface area contributed by atoms with Crippen molar-refractivity contribution in [2.75, 3.05) is 33.2 Å². The van der Waals surface area contributed by atoms with Gasteiger partial charge in [0.15, 0.2) is 5.72 Å². The van der Waals surface area contributed by atoms with E-state index in [1.165, 1.54) is 31.1 Å². The Kier molecular flexibility index (Phi) is 12.0. The van der Waals surface area contributed by atoms with Crippen molar-refractivity contribution < 1.29 is 48.0 Å². The number of benzene rings is 1. The van der Waals surface area contributed by atoms with Gasteiger partial charge in [-0.25, -0.2) is 9.59 Å². The van der Waals surface area contributed by atoms with Crippen LogP contribution in [0.5, 0.6) is 5.75 Å². The average molecular weight is 720 g/mol. The number of likely N-dealkylation sites (N-methyl/N-ethyl adjacent to an activating group) is 1. The largest absolute Gasteiger partial charge is 0.495 e. The molecule has 1 aromatic rings. The smallest absolute Gasteiger partial charge is 0.409 e. The molecule has 4 rings (SSSR count). The molecule has 2 N–H and O–H groups in total. The molecule has 50 heavy (non-hydrogen) atoms. The van der Waals surface area contributed by atoms with Gasteiger partial charge in [0.2, 0.25) is 11.8 Å². The summed E-state index contributed by atoms with van der Waals surface area (Å²) in [6, 6.07) is 2.63. The van der Waals surface area contributed by atoms with Crippen LogP contribution >= 0.6 is 11.6 Å². The number of alkyl carbamates (subject to hydrolysis) is 1. The van der Waals surface area contributed by atoms with Gasteiger partial charge in [-0.1, -0.05) is 56.2 Å². The normalized spacial score (nSPS) is 30.8. The maximum atomic E-state index is 14.1. The summed E-state index contributed by atoms with van der Waals surface area (Å²) in [7, 11) is 6.02. The van der Waals surface area contributed by atoms with Crippen LogP contribution in [0.1, 0.15) is 59.9 Å². The molecule has 8 atom stereocenters. The van der Waals surface area contributed by atoms with Crippen molar-refractivity contribution in [3.8, 4) is 5.75 Å². The van der Waals surface area contributed by atoms with Gasteiger partial charge in [0.05, 0.1) is 25.3 Å². The standard InChI is InChI=1S/C36H50ClN3O10/c1-19(2)32(42)39(7)22(5)33(43)49-28-17-29(41)40(8)24-15-23(16-25(46-9)30(24)37)14-20(3)12-11-13-27(47-10)36(45)18-26(48-34(44)38-36)21(4)31-35(28,6)50-31/h11-13,15-16,19,21-22,26-28,31,45H,14,17-18H2,1-10H3,(H,38,44)/t21-,22-,26-,27-,28+,31-,35+,36-/m1/s1. The van der Waals surface area contributed by atoms with E-state index in [4.69, 9.17) is 35.3 Å². The zero-order valence-electron chi connectivity index (χ0n) is 30.4. The topological polar surface area (TPSA) is 156 Å². The molecule has 3 aliphatic rings. The van der Waals surface area contributed by atoms with Crippen LogP contribution < -0.4 is 15.0 Å². The van der Waals surface area contributed by atoms with Crippen LogP contribution in [0.25, 0.3) is 0 Å². The van der Waals surface area contributed by atoms with Gasteiger partial charge in [-0.15, -0.1) is 0 Å². The van der Waals surface area contributed by atoms with Gasteiger partial charge < -0.3 is 38.6 Å². The number of amides is 3. The van der Waals surface area contributed by atoms with Crippen molar-refractivity contribution in [2.24, 2.45) is 11.8 Å². The van der Waals surface area contributed by atoms with Crippen molar-refractivity contribution in [3.63, 3.8) is 0 Å². The number of rotatable bonds is 6. The number of anilines is 1. The molecule has 3 aliphatic heterocycles. The molecule has 3 amide bonds. The van der Waals surface area contributed by atoms with Crippen molar-refractivity contribution in [3.05, 3.63) is 46.5 Å². The van der Waals surface area contributed by atoms with Crippen LogP contribution in [-0.2, 0) is 39.8 Å². The first-order chi connectivity index (χ1) is 23.4. The summed E-state index contributed by atoms with van der Waals surface area (Å²) in [5.74, 6) is -1.88. The first-order valence-corrected chi connectivity index (χ1v) is 17.1. The molecule has 14 heteroatoms. The van der Waals surface area contributed by atoms with Gasteiger partial charge in [-0.3, -0.25) is 14.9 Å². The number of allylic oxidation sites excluding steroid dienone is 3. The Balaban J connectivity index is 1.78. The number of fused-ring (bicyclic) bond motifs is 5. The minimum atomic E-state index is -1.82. The van der Waals surface area contributed by atoms with E-state index in [-0.39, 0.29) is 29.7 Å². The van der Waals surface area contributed by atoms with E-state index in [0.29, 0.717) is 17.9 Å². The molecule has 2 saturated heterocycles. The first-order valence-electron chi connectivity index (χ1n) is 16.7. The quantitative estimate of drug-likeness (QED) is 0.323. The summed E-state index contributed by atoms with van der Waals surface area (Å²) in [5, 5.41) is 14.4. The molecule has 4 bridgehead atoms. The Bertz CT molecular complexity index is 1550. The first kappa shape index (κ1) is 39.1. The van der Waals surface area contributed by atoms with Crippen LogP contribution in [0, 0.1) is 11.8 Å². The second-order valence-corrected chi connectivity index (χ2v) is 14.4. The molecule has 0 radical (unpaired) electrons. The number of carbonyl (C=O) groups is 4. The number of epoxide rings is 1. The number of hydrogen-bond donors (Lipinski definition) is 2. The average Bonchev–Trinajstić information content (AvgIpc) is 3.76. The molecule has 2 fully saturated rings. The molecule has 3 heterocycles. The highest BCUT2D eigenvalue weighted by Gasteiger charge is 2.64. The lowest BCUT2D eigenvalue weighted by atomic mass is 9.83. The van der Waals surface area contributed by atoms with E-state index in [9.17, 15) is 24.3 Å². The zero-order valence-corrected chi connectivity index (χ0v) is 31.2. The zero-order chi connectivity index (χ0) is 37.3. The van der Waals surface area contributed by atoms with E-state index in [1.807, 2.05) is 13.0 Å². The summed E-state index contributed by atoms with van der Waals surface area (Å²) in [6.45, 7) is 10.5. The number of esters is 1. The maximum Gasteiger partial charge on any atom is 0.409 e. The summed E-state index contributed by atoms with van der Waals surface area (Å²) in [5.41, 5.74) is -0.881. The van der Waals surface area contributed by atoms with Gasteiger partial charge in [0.1, 0.15) is 40.7 Å². The van der Waals surface area contributed by atoms with Crippen LogP contribution in [0.15, 0.2) is 35.9 Å². The second-order valence-electron chi connectivity index (χ2n) is 14.0. The lowest BCUT2D eigenvalue weighted by Crippen LogP contribution is -2.63. The molecule has 0 saturated carbocycles. The Morgan fingerprint density at radius 1 is 1.20 bits per heavy atom. The number of ether oxygens (including phenoxy) is 5. The fourth-order valence-electron chi connectivity index (χ4n) is 6.60. The van der Waals surface area contributed by atoms with E-state index >= 15 is 0 Å². The minimum Gasteiger partial charge on any atom is -0.495 e. The lowest BCUT2D eigenvalue weighted by molar-refractivity contribution is -0.162. The molecule has 0 spiro atoms.